The van der Waals surface area contributed by atoms with Crippen LogP contribution in [-0.4, -0.2) is 36.6 Å². The average Bonchev–Trinajstić information content (AvgIpc) is 1.61. The topological polar surface area (TPSA) is 23.6 Å². The minimum atomic E-state index is 0.231. The zero-order valence-electron chi connectivity index (χ0n) is 5.22. The molecule has 8 heavy (non-hydrogen) atoms. The third kappa shape index (κ3) is 0.690. The summed E-state index contributed by atoms with van der Waals surface area (Å²) in [6, 6.07) is 0. The van der Waals surface area contributed by atoms with E-state index in [0.29, 0.717) is 0 Å². The molecule has 46 valence electrons. The Labute approximate surface area is 48.8 Å². The van der Waals surface area contributed by atoms with Crippen LogP contribution in [0.15, 0.2) is 0 Å². The molecule has 1 rings (SSSR count). The maximum Gasteiger partial charge on any atom is 0.238 e. The number of hydrazine groups is 1. The van der Waals surface area contributed by atoms with Crippen molar-refractivity contribution in [3.05, 3.63) is 0 Å². The van der Waals surface area contributed by atoms with Gasteiger partial charge < -0.3 is 0 Å². The van der Waals surface area contributed by atoms with Crippen LogP contribution < -0.4 is 0 Å². The molecule has 1 aliphatic heterocycles. The van der Waals surface area contributed by atoms with Gasteiger partial charge in [0.15, 0.2) is 0 Å². The number of amides is 1. The van der Waals surface area contributed by atoms with Crippen LogP contribution in [0.3, 0.4) is 0 Å². The SMILES string of the molecule is CN(C)N1CCC1=O. The zero-order valence-corrected chi connectivity index (χ0v) is 5.22. The third-order valence-electron chi connectivity index (χ3n) is 1.31. The Morgan fingerprint density at radius 2 is 2.25 bits per heavy atom. The lowest BCUT2D eigenvalue weighted by atomic mass is 10.2. The molecular formula is C5H10N2O. The van der Waals surface area contributed by atoms with Crippen LogP contribution >= 0.6 is 0 Å². The number of carbonyl (C=O) groups excluding carboxylic acids is 1. The number of hydrogen-bond acceptors (Lipinski definition) is 2. The smallest absolute Gasteiger partial charge is 0.238 e. The highest BCUT2D eigenvalue weighted by Crippen LogP contribution is 2.07. The van der Waals surface area contributed by atoms with Gasteiger partial charge in [-0.1, -0.05) is 0 Å². The summed E-state index contributed by atoms with van der Waals surface area (Å²) in [5.41, 5.74) is 0. The molecule has 0 saturated carbocycles. The number of rotatable bonds is 1. The summed E-state index contributed by atoms with van der Waals surface area (Å²) < 4.78 is 0. The van der Waals surface area contributed by atoms with E-state index in [-0.39, 0.29) is 5.91 Å². The molecule has 0 radical (unpaired) electrons. The van der Waals surface area contributed by atoms with Crippen molar-refractivity contribution in [2.45, 2.75) is 6.42 Å². The van der Waals surface area contributed by atoms with Gasteiger partial charge in [-0.3, -0.25) is 9.80 Å². The average molecular weight is 114 g/mol. The Bertz CT molecular complexity index is 111. The predicted octanol–water partition coefficient (Wildman–Crippen LogP) is -0.305. The molecule has 0 atom stereocenters. The van der Waals surface area contributed by atoms with Crippen molar-refractivity contribution < 1.29 is 4.79 Å². The summed E-state index contributed by atoms with van der Waals surface area (Å²) >= 11 is 0. The van der Waals surface area contributed by atoms with E-state index in [9.17, 15) is 4.79 Å². The molecule has 0 bridgehead atoms. The Kier molecular flexibility index (Phi) is 1.21. The first-order valence-corrected chi connectivity index (χ1v) is 2.69. The van der Waals surface area contributed by atoms with Crippen LogP contribution in [0.5, 0.6) is 0 Å². The van der Waals surface area contributed by atoms with E-state index in [1.807, 2.05) is 19.1 Å². The van der Waals surface area contributed by atoms with Crippen molar-refractivity contribution in [3.63, 3.8) is 0 Å². The molecule has 0 aliphatic carbocycles. The fourth-order valence-electron chi connectivity index (χ4n) is 0.726. The summed E-state index contributed by atoms with van der Waals surface area (Å²) in [4.78, 5) is 10.6. The standard InChI is InChI=1S/C5H10N2O/c1-6(2)7-4-3-5(7)8/h3-4H2,1-2H3. The molecule has 3 nitrogen and oxygen atoms in total. The number of β-lactam (4-membered cyclic amide) rings is 1. The highest BCUT2D eigenvalue weighted by atomic mass is 16.2. The molecule has 0 spiro atoms. The van der Waals surface area contributed by atoms with Crippen LogP contribution in [0.25, 0.3) is 0 Å². The highest BCUT2D eigenvalue weighted by molar-refractivity contribution is 5.80. The fraction of sp³-hybridized carbons (Fsp3) is 0.800. The van der Waals surface area contributed by atoms with E-state index >= 15 is 0 Å². The lowest BCUT2D eigenvalue weighted by Crippen LogP contribution is -2.51. The quantitative estimate of drug-likeness (QED) is 0.437. The number of nitrogens with zero attached hydrogens (tertiary/aromatic N) is 2. The minimum Gasteiger partial charge on any atom is -0.275 e. The summed E-state index contributed by atoms with van der Waals surface area (Å²) in [5, 5.41) is 3.52. The summed E-state index contributed by atoms with van der Waals surface area (Å²) in [6.45, 7) is 0.895. The zero-order chi connectivity index (χ0) is 6.15. The van der Waals surface area contributed by atoms with Crippen LogP contribution in [0.1, 0.15) is 6.42 Å². The lowest BCUT2D eigenvalue weighted by Gasteiger charge is -2.35. The molecule has 0 N–H and O–H groups in total. The Hall–Kier alpha value is -0.570. The van der Waals surface area contributed by atoms with Crippen molar-refractivity contribution in [3.8, 4) is 0 Å². The first-order chi connectivity index (χ1) is 3.72. The summed E-state index contributed by atoms with van der Waals surface area (Å²) in [6.07, 6.45) is 0.720. The van der Waals surface area contributed by atoms with E-state index in [0.717, 1.165) is 13.0 Å². The monoisotopic (exact) mass is 114 g/mol. The second kappa shape index (κ2) is 1.74. The lowest BCUT2D eigenvalue weighted by molar-refractivity contribution is -0.157. The van der Waals surface area contributed by atoms with E-state index < -0.39 is 0 Å². The molecular weight excluding hydrogens is 104 g/mol. The van der Waals surface area contributed by atoms with Gasteiger partial charge >= 0.3 is 0 Å². The molecule has 1 saturated heterocycles. The molecule has 3 heteroatoms. The first kappa shape index (κ1) is 5.56. The molecule has 1 aliphatic rings. The van der Waals surface area contributed by atoms with Crippen LogP contribution in [0, 0.1) is 0 Å². The van der Waals surface area contributed by atoms with Gasteiger partial charge in [0.25, 0.3) is 0 Å². The van der Waals surface area contributed by atoms with Crippen LogP contribution in [0.4, 0.5) is 0 Å². The normalized spacial score (nSPS) is 19.4. The summed E-state index contributed by atoms with van der Waals surface area (Å²) in [7, 11) is 3.74. The summed E-state index contributed by atoms with van der Waals surface area (Å²) in [5.74, 6) is 0.231. The van der Waals surface area contributed by atoms with E-state index in [1.165, 1.54) is 0 Å². The van der Waals surface area contributed by atoms with Gasteiger partial charge in [-0.05, 0) is 0 Å². The van der Waals surface area contributed by atoms with Crippen molar-refractivity contribution in [2.24, 2.45) is 0 Å². The molecule has 0 unspecified atom stereocenters. The van der Waals surface area contributed by atoms with Gasteiger partial charge in [-0.15, -0.1) is 0 Å². The van der Waals surface area contributed by atoms with Gasteiger partial charge in [-0.25, -0.2) is 5.01 Å². The molecule has 0 aromatic rings. The highest BCUT2D eigenvalue weighted by Gasteiger charge is 2.24. The third-order valence-corrected chi connectivity index (χ3v) is 1.31. The van der Waals surface area contributed by atoms with Crippen molar-refractivity contribution in [1.82, 2.24) is 10.0 Å². The second-order valence-corrected chi connectivity index (χ2v) is 2.11. The number of hydrogen-bond donors (Lipinski definition) is 0. The van der Waals surface area contributed by atoms with E-state index in [4.69, 9.17) is 0 Å². The maximum atomic E-state index is 10.6. The van der Waals surface area contributed by atoms with Crippen LogP contribution in [-0.2, 0) is 4.79 Å². The predicted molar refractivity (Wildman–Crippen MR) is 30.0 cm³/mol. The van der Waals surface area contributed by atoms with Gasteiger partial charge in [0.1, 0.15) is 0 Å². The molecule has 0 aromatic carbocycles. The van der Waals surface area contributed by atoms with Crippen molar-refractivity contribution >= 4 is 5.91 Å². The van der Waals surface area contributed by atoms with Crippen molar-refractivity contribution in [2.75, 3.05) is 20.6 Å². The maximum absolute atomic E-state index is 10.6. The van der Waals surface area contributed by atoms with Gasteiger partial charge in [-0.2, -0.15) is 0 Å². The molecule has 1 heterocycles. The van der Waals surface area contributed by atoms with E-state index in [2.05, 4.69) is 0 Å². The van der Waals surface area contributed by atoms with E-state index in [1.54, 1.807) is 5.01 Å². The number of carbonyl (C=O) groups is 1. The van der Waals surface area contributed by atoms with Crippen molar-refractivity contribution in [1.29, 1.82) is 0 Å². The Balaban J connectivity index is 2.37. The second-order valence-electron chi connectivity index (χ2n) is 2.11. The largest absolute Gasteiger partial charge is 0.275 e. The van der Waals surface area contributed by atoms with Gasteiger partial charge in [0.05, 0.1) is 0 Å². The molecule has 0 aromatic heterocycles. The van der Waals surface area contributed by atoms with Crippen LogP contribution in [0.2, 0.25) is 0 Å². The van der Waals surface area contributed by atoms with Gasteiger partial charge in [0.2, 0.25) is 5.91 Å². The van der Waals surface area contributed by atoms with Gasteiger partial charge in [0, 0.05) is 27.1 Å². The molecule has 1 fully saturated rings. The minimum absolute atomic E-state index is 0.231. The Morgan fingerprint density at radius 1 is 1.62 bits per heavy atom. The Morgan fingerprint density at radius 3 is 2.25 bits per heavy atom. The molecule has 1 amide bonds. The fourth-order valence-corrected chi connectivity index (χ4v) is 0.726. The first-order valence-electron chi connectivity index (χ1n) is 2.69.